The molecule has 19 heavy (non-hydrogen) atoms. The Morgan fingerprint density at radius 2 is 2.05 bits per heavy atom. The van der Waals surface area contributed by atoms with Crippen LogP contribution in [0.4, 0.5) is 5.69 Å². The van der Waals surface area contributed by atoms with Crippen LogP contribution in [0.5, 0.6) is 0 Å². The fourth-order valence-corrected chi connectivity index (χ4v) is 2.90. The Balaban J connectivity index is 1.68. The molecule has 2 N–H and O–H groups in total. The van der Waals surface area contributed by atoms with Gasteiger partial charge in [-0.2, -0.15) is 0 Å². The molecule has 0 bridgehead atoms. The van der Waals surface area contributed by atoms with Crippen molar-refractivity contribution >= 4 is 27.5 Å². The van der Waals surface area contributed by atoms with Crippen LogP contribution in [-0.2, 0) is 4.79 Å². The van der Waals surface area contributed by atoms with Gasteiger partial charge in [0.2, 0.25) is 5.91 Å². The molecule has 1 aliphatic rings. The number of anilines is 1. The van der Waals surface area contributed by atoms with Gasteiger partial charge in [0.15, 0.2) is 0 Å². The average molecular weight is 325 g/mol. The van der Waals surface area contributed by atoms with Crippen molar-refractivity contribution in [1.29, 1.82) is 0 Å². The molecule has 3 nitrogen and oxygen atoms in total. The first-order valence-corrected chi connectivity index (χ1v) is 7.70. The van der Waals surface area contributed by atoms with E-state index in [4.69, 9.17) is 0 Å². The zero-order valence-corrected chi connectivity index (χ0v) is 12.9. The molecule has 1 aromatic rings. The highest BCUT2D eigenvalue weighted by Crippen LogP contribution is 2.30. The van der Waals surface area contributed by atoms with Crippen LogP contribution in [0.3, 0.4) is 0 Å². The van der Waals surface area contributed by atoms with E-state index >= 15 is 0 Å². The SMILES string of the molecule is CC1CCCC1CNCC(=O)Nc1ccc(Br)cc1. The second-order valence-electron chi connectivity index (χ2n) is 5.35. The number of carbonyl (C=O) groups is 1. The van der Waals surface area contributed by atoms with Crippen LogP contribution < -0.4 is 10.6 Å². The number of carbonyl (C=O) groups excluding carboxylic acids is 1. The standard InChI is InChI=1S/C15H21BrN2O/c1-11-3-2-4-12(11)9-17-10-15(19)18-14-7-5-13(16)6-8-14/h5-8,11-12,17H,2-4,9-10H2,1H3,(H,18,19). The average Bonchev–Trinajstić information content (AvgIpc) is 2.78. The summed E-state index contributed by atoms with van der Waals surface area (Å²) in [6.45, 7) is 3.65. The third-order valence-electron chi connectivity index (χ3n) is 3.86. The first-order chi connectivity index (χ1) is 9.15. The van der Waals surface area contributed by atoms with Crippen LogP contribution in [0.1, 0.15) is 26.2 Å². The van der Waals surface area contributed by atoms with Crippen LogP contribution in [0.15, 0.2) is 28.7 Å². The second-order valence-corrected chi connectivity index (χ2v) is 6.27. The van der Waals surface area contributed by atoms with E-state index in [2.05, 4.69) is 33.5 Å². The van der Waals surface area contributed by atoms with E-state index in [1.807, 2.05) is 24.3 Å². The highest BCUT2D eigenvalue weighted by Gasteiger charge is 2.22. The molecule has 1 amide bonds. The van der Waals surface area contributed by atoms with Gasteiger partial charge in [0.1, 0.15) is 0 Å². The maximum atomic E-state index is 11.8. The van der Waals surface area contributed by atoms with E-state index in [1.165, 1.54) is 19.3 Å². The molecule has 1 aromatic carbocycles. The summed E-state index contributed by atoms with van der Waals surface area (Å²) in [6.07, 6.45) is 3.96. The van der Waals surface area contributed by atoms with E-state index in [0.29, 0.717) is 6.54 Å². The van der Waals surface area contributed by atoms with Gasteiger partial charge in [0, 0.05) is 10.2 Å². The van der Waals surface area contributed by atoms with E-state index in [1.54, 1.807) is 0 Å². The predicted molar refractivity (Wildman–Crippen MR) is 82.1 cm³/mol. The number of rotatable bonds is 5. The Hall–Kier alpha value is -0.870. The number of hydrogen-bond acceptors (Lipinski definition) is 2. The molecular formula is C15H21BrN2O. The van der Waals surface area contributed by atoms with Gasteiger partial charge in [0.05, 0.1) is 6.54 Å². The highest BCUT2D eigenvalue weighted by atomic mass is 79.9. The molecule has 1 fully saturated rings. The Morgan fingerprint density at radius 1 is 1.32 bits per heavy atom. The van der Waals surface area contributed by atoms with Crippen molar-refractivity contribution in [3.63, 3.8) is 0 Å². The first kappa shape index (κ1) is 14.5. The van der Waals surface area contributed by atoms with Gasteiger partial charge in [0.25, 0.3) is 0 Å². The van der Waals surface area contributed by atoms with Gasteiger partial charge in [-0.15, -0.1) is 0 Å². The van der Waals surface area contributed by atoms with Crippen molar-refractivity contribution in [2.75, 3.05) is 18.4 Å². The lowest BCUT2D eigenvalue weighted by molar-refractivity contribution is -0.115. The quantitative estimate of drug-likeness (QED) is 0.871. The lowest BCUT2D eigenvalue weighted by Crippen LogP contribution is -2.32. The largest absolute Gasteiger partial charge is 0.325 e. The summed E-state index contributed by atoms with van der Waals surface area (Å²) < 4.78 is 1.01. The van der Waals surface area contributed by atoms with Crippen molar-refractivity contribution < 1.29 is 4.79 Å². The molecule has 4 heteroatoms. The lowest BCUT2D eigenvalue weighted by atomic mass is 9.98. The number of hydrogen-bond donors (Lipinski definition) is 2. The molecule has 0 saturated heterocycles. The van der Waals surface area contributed by atoms with Gasteiger partial charge in [-0.05, 0) is 49.1 Å². The molecule has 0 heterocycles. The second kappa shape index (κ2) is 7.06. The van der Waals surface area contributed by atoms with Crippen LogP contribution in [-0.4, -0.2) is 19.0 Å². The van der Waals surface area contributed by atoms with E-state index < -0.39 is 0 Å². The Bertz CT molecular complexity index is 419. The highest BCUT2D eigenvalue weighted by molar-refractivity contribution is 9.10. The number of benzene rings is 1. The van der Waals surface area contributed by atoms with Crippen molar-refractivity contribution in [3.8, 4) is 0 Å². The summed E-state index contributed by atoms with van der Waals surface area (Å²) >= 11 is 3.37. The number of amides is 1. The normalized spacial score (nSPS) is 22.4. The molecule has 0 spiro atoms. The molecule has 104 valence electrons. The molecule has 0 aromatic heterocycles. The molecule has 2 unspecified atom stereocenters. The molecule has 1 saturated carbocycles. The van der Waals surface area contributed by atoms with Crippen LogP contribution >= 0.6 is 15.9 Å². The number of nitrogens with one attached hydrogen (secondary N) is 2. The van der Waals surface area contributed by atoms with Crippen molar-refractivity contribution in [1.82, 2.24) is 5.32 Å². The fraction of sp³-hybridized carbons (Fsp3) is 0.533. The third kappa shape index (κ3) is 4.62. The van der Waals surface area contributed by atoms with Crippen LogP contribution in [0.2, 0.25) is 0 Å². The Morgan fingerprint density at radius 3 is 2.68 bits per heavy atom. The zero-order valence-electron chi connectivity index (χ0n) is 11.3. The van der Waals surface area contributed by atoms with Gasteiger partial charge >= 0.3 is 0 Å². The summed E-state index contributed by atoms with van der Waals surface area (Å²) in [5, 5.41) is 6.15. The van der Waals surface area contributed by atoms with E-state index in [0.717, 1.165) is 28.5 Å². The van der Waals surface area contributed by atoms with Gasteiger partial charge in [-0.25, -0.2) is 0 Å². The molecule has 2 atom stereocenters. The predicted octanol–water partition coefficient (Wildman–Crippen LogP) is 3.41. The molecule has 0 aliphatic heterocycles. The molecule has 2 rings (SSSR count). The first-order valence-electron chi connectivity index (χ1n) is 6.91. The Kier molecular flexibility index (Phi) is 5.40. The van der Waals surface area contributed by atoms with E-state index in [-0.39, 0.29) is 5.91 Å². The van der Waals surface area contributed by atoms with Crippen LogP contribution in [0.25, 0.3) is 0 Å². The topological polar surface area (TPSA) is 41.1 Å². The monoisotopic (exact) mass is 324 g/mol. The summed E-state index contributed by atoms with van der Waals surface area (Å²) in [5.74, 6) is 1.55. The van der Waals surface area contributed by atoms with Gasteiger partial charge in [-0.3, -0.25) is 4.79 Å². The Labute approximate surface area is 123 Å². The van der Waals surface area contributed by atoms with E-state index in [9.17, 15) is 4.79 Å². The number of halogens is 1. The molecule has 1 aliphatic carbocycles. The lowest BCUT2D eigenvalue weighted by Gasteiger charge is -2.15. The summed E-state index contributed by atoms with van der Waals surface area (Å²) in [4.78, 5) is 11.8. The van der Waals surface area contributed by atoms with Gasteiger partial charge in [-0.1, -0.05) is 35.7 Å². The minimum atomic E-state index is 0.0213. The summed E-state index contributed by atoms with van der Waals surface area (Å²) in [6, 6.07) is 7.62. The van der Waals surface area contributed by atoms with Crippen molar-refractivity contribution in [2.24, 2.45) is 11.8 Å². The van der Waals surface area contributed by atoms with Crippen molar-refractivity contribution in [2.45, 2.75) is 26.2 Å². The minimum Gasteiger partial charge on any atom is -0.325 e. The minimum absolute atomic E-state index is 0.0213. The maximum absolute atomic E-state index is 11.8. The van der Waals surface area contributed by atoms with Gasteiger partial charge < -0.3 is 10.6 Å². The molecular weight excluding hydrogens is 304 g/mol. The zero-order chi connectivity index (χ0) is 13.7. The fourth-order valence-electron chi connectivity index (χ4n) is 2.63. The summed E-state index contributed by atoms with van der Waals surface area (Å²) in [7, 11) is 0. The molecule has 0 radical (unpaired) electrons. The van der Waals surface area contributed by atoms with Crippen LogP contribution in [0, 0.1) is 11.8 Å². The maximum Gasteiger partial charge on any atom is 0.238 e. The smallest absolute Gasteiger partial charge is 0.238 e. The summed E-state index contributed by atoms with van der Waals surface area (Å²) in [5.41, 5.74) is 0.837. The third-order valence-corrected chi connectivity index (χ3v) is 4.39. The van der Waals surface area contributed by atoms with Crippen molar-refractivity contribution in [3.05, 3.63) is 28.7 Å².